The maximum absolute atomic E-state index is 12.1. The fourth-order valence-electron chi connectivity index (χ4n) is 4.01. The standard InChI is InChI=1S/C18H22F3N3O2/c19-18(20,21)10-23-15(25)9-22-17(26)24-16-13-5-6-14(16)8-12-4-2-1-3-11(12)7-13/h1-4,13-14,16H,5-10H2,(H,23,25)(H2,22,24,26)/t13-,14-/m0/s1. The van der Waals surface area contributed by atoms with Crippen LogP contribution in [0, 0.1) is 11.8 Å². The summed E-state index contributed by atoms with van der Waals surface area (Å²) in [5.41, 5.74) is 2.64. The Balaban J connectivity index is 1.50. The van der Waals surface area contributed by atoms with E-state index in [0.717, 1.165) is 25.7 Å². The molecule has 3 amide bonds. The zero-order valence-corrected chi connectivity index (χ0v) is 14.2. The summed E-state index contributed by atoms with van der Waals surface area (Å²) in [7, 11) is 0. The fourth-order valence-corrected chi connectivity index (χ4v) is 4.01. The maximum atomic E-state index is 12.1. The highest BCUT2D eigenvalue weighted by Crippen LogP contribution is 2.39. The van der Waals surface area contributed by atoms with Crippen molar-refractivity contribution < 1.29 is 22.8 Å². The molecule has 0 radical (unpaired) electrons. The smallest absolute Gasteiger partial charge is 0.345 e. The van der Waals surface area contributed by atoms with E-state index in [1.165, 1.54) is 11.1 Å². The number of nitrogens with one attached hydrogen (secondary N) is 3. The molecule has 1 saturated carbocycles. The number of urea groups is 1. The van der Waals surface area contributed by atoms with E-state index in [1.54, 1.807) is 5.32 Å². The topological polar surface area (TPSA) is 70.2 Å². The third-order valence-electron chi connectivity index (χ3n) is 5.20. The fraction of sp³-hybridized carbons (Fsp3) is 0.556. The second-order valence-corrected chi connectivity index (χ2v) is 7.02. The van der Waals surface area contributed by atoms with Crippen LogP contribution in [0.2, 0.25) is 0 Å². The van der Waals surface area contributed by atoms with Gasteiger partial charge in [0.1, 0.15) is 6.54 Å². The van der Waals surface area contributed by atoms with Crippen LogP contribution in [0.5, 0.6) is 0 Å². The number of fused-ring (bicyclic) bond motifs is 3. The first-order valence-electron chi connectivity index (χ1n) is 8.76. The zero-order chi connectivity index (χ0) is 18.7. The van der Waals surface area contributed by atoms with Gasteiger partial charge >= 0.3 is 12.2 Å². The van der Waals surface area contributed by atoms with Gasteiger partial charge in [0.05, 0.1) is 6.54 Å². The molecule has 1 fully saturated rings. The highest BCUT2D eigenvalue weighted by molar-refractivity contribution is 5.84. The van der Waals surface area contributed by atoms with Crippen molar-refractivity contribution in [3.05, 3.63) is 35.4 Å². The molecule has 0 saturated heterocycles. The number of rotatable bonds is 4. The molecular weight excluding hydrogens is 347 g/mol. The van der Waals surface area contributed by atoms with E-state index in [4.69, 9.17) is 0 Å². The molecule has 0 unspecified atom stereocenters. The van der Waals surface area contributed by atoms with E-state index in [2.05, 4.69) is 22.8 Å². The van der Waals surface area contributed by atoms with Gasteiger partial charge in [-0.3, -0.25) is 4.79 Å². The summed E-state index contributed by atoms with van der Waals surface area (Å²) in [4.78, 5) is 23.5. The van der Waals surface area contributed by atoms with Gasteiger partial charge in [-0.05, 0) is 48.6 Å². The lowest BCUT2D eigenvalue weighted by Gasteiger charge is -2.23. The van der Waals surface area contributed by atoms with E-state index in [1.807, 2.05) is 12.1 Å². The SMILES string of the molecule is O=C(CNC(=O)NC1[C@H]2CC[C@H]1Cc1ccccc1C2)NCC(F)(F)F. The summed E-state index contributed by atoms with van der Waals surface area (Å²) in [5.74, 6) is -0.185. The minimum absolute atomic E-state index is 0.0145. The Morgan fingerprint density at radius 3 is 2.12 bits per heavy atom. The van der Waals surface area contributed by atoms with E-state index in [-0.39, 0.29) is 6.04 Å². The monoisotopic (exact) mass is 369 g/mol. The van der Waals surface area contributed by atoms with Crippen molar-refractivity contribution in [3.63, 3.8) is 0 Å². The molecule has 3 N–H and O–H groups in total. The predicted molar refractivity (Wildman–Crippen MR) is 89.5 cm³/mol. The Hall–Kier alpha value is -2.25. The van der Waals surface area contributed by atoms with Crippen LogP contribution in [0.1, 0.15) is 24.0 Å². The molecule has 0 aromatic heterocycles. The number of hydrogen-bond acceptors (Lipinski definition) is 2. The Morgan fingerprint density at radius 2 is 1.58 bits per heavy atom. The van der Waals surface area contributed by atoms with Crippen LogP contribution in [-0.2, 0) is 17.6 Å². The molecule has 1 aromatic carbocycles. The molecule has 2 aliphatic carbocycles. The van der Waals surface area contributed by atoms with Gasteiger partial charge in [0, 0.05) is 6.04 Å². The van der Waals surface area contributed by atoms with Crippen LogP contribution in [0.15, 0.2) is 24.3 Å². The normalized spacial score (nSPS) is 24.3. The van der Waals surface area contributed by atoms with Crippen LogP contribution >= 0.6 is 0 Å². The van der Waals surface area contributed by atoms with Gasteiger partial charge in [-0.15, -0.1) is 0 Å². The molecule has 2 bridgehead atoms. The quantitative estimate of drug-likeness (QED) is 0.761. The predicted octanol–water partition coefficient (Wildman–Crippen LogP) is 2.16. The first kappa shape index (κ1) is 18.5. The van der Waals surface area contributed by atoms with Crippen LogP contribution < -0.4 is 16.0 Å². The summed E-state index contributed by atoms with van der Waals surface area (Å²) in [6, 6.07) is 7.79. The van der Waals surface area contributed by atoms with E-state index in [0.29, 0.717) is 11.8 Å². The van der Waals surface area contributed by atoms with E-state index < -0.39 is 31.2 Å². The van der Waals surface area contributed by atoms with Crippen LogP contribution in [0.3, 0.4) is 0 Å². The Morgan fingerprint density at radius 1 is 1.00 bits per heavy atom. The average molecular weight is 369 g/mol. The lowest BCUT2D eigenvalue weighted by atomic mass is 9.94. The number of benzene rings is 1. The van der Waals surface area contributed by atoms with E-state index in [9.17, 15) is 22.8 Å². The van der Waals surface area contributed by atoms with Gasteiger partial charge < -0.3 is 16.0 Å². The number of halogens is 3. The van der Waals surface area contributed by atoms with Gasteiger partial charge in [0.25, 0.3) is 0 Å². The molecule has 0 spiro atoms. The van der Waals surface area contributed by atoms with Crippen molar-refractivity contribution in [2.75, 3.05) is 13.1 Å². The van der Waals surface area contributed by atoms with Crippen molar-refractivity contribution >= 4 is 11.9 Å². The molecule has 1 aromatic rings. The number of alkyl halides is 3. The molecule has 26 heavy (non-hydrogen) atoms. The molecule has 0 aliphatic heterocycles. The number of amides is 3. The third kappa shape index (κ3) is 4.68. The first-order chi connectivity index (χ1) is 12.3. The van der Waals surface area contributed by atoms with Crippen molar-refractivity contribution in [3.8, 4) is 0 Å². The zero-order valence-electron chi connectivity index (χ0n) is 14.2. The van der Waals surface area contributed by atoms with Crippen molar-refractivity contribution in [2.24, 2.45) is 11.8 Å². The molecule has 3 rings (SSSR count). The summed E-state index contributed by atoms with van der Waals surface area (Å²) in [6.07, 6.45) is -0.578. The minimum atomic E-state index is -4.47. The second-order valence-electron chi connectivity index (χ2n) is 7.02. The summed E-state index contributed by atoms with van der Waals surface area (Å²) < 4.78 is 36.2. The lowest BCUT2D eigenvalue weighted by molar-refractivity contribution is -0.137. The molecule has 5 nitrogen and oxygen atoms in total. The van der Waals surface area contributed by atoms with Crippen LogP contribution in [-0.4, -0.2) is 37.2 Å². The molecule has 0 heterocycles. The highest BCUT2D eigenvalue weighted by Gasteiger charge is 2.39. The maximum Gasteiger partial charge on any atom is 0.405 e. The Labute approximate surface area is 149 Å². The highest BCUT2D eigenvalue weighted by atomic mass is 19.4. The van der Waals surface area contributed by atoms with Gasteiger partial charge in [0.15, 0.2) is 0 Å². The Kier molecular flexibility index (Phi) is 5.38. The minimum Gasteiger partial charge on any atom is -0.345 e. The molecule has 142 valence electrons. The Bertz CT molecular complexity index is 645. The molecule has 8 heteroatoms. The van der Waals surface area contributed by atoms with Crippen molar-refractivity contribution in [1.82, 2.24) is 16.0 Å². The van der Waals surface area contributed by atoms with Gasteiger partial charge in [-0.25, -0.2) is 4.79 Å². The summed E-state index contributed by atoms with van der Waals surface area (Å²) >= 11 is 0. The molecule has 2 atom stereocenters. The number of carbonyl (C=O) groups is 2. The van der Waals surface area contributed by atoms with Gasteiger partial charge in [0.2, 0.25) is 5.91 Å². The summed E-state index contributed by atoms with van der Waals surface area (Å²) in [5, 5.41) is 7.01. The van der Waals surface area contributed by atoms with Crippen LogP contribution in [0.25, 0.3) is 0 Å². The van der Waals surface area contributed by atoms with Crippen molar-refractivity contribution in [2.45, 2.75) is 37.9 Å². The molecular formula is C18H22F3N3O2. The van der Waals surface area contributed by atoms with Gasteiger partial charge in [-0.2, -0.15) is 13.2 Å². The average Bonchev–Trinajstić information content (AvgIpc) is 2.84. The lowest BCUT2D eigenvalue weighted by Crippen LogP contribution is -2.49. The first-order valence-corrected chi connectivity index (χ1v) is 8.76. The number of hydrogen-bond donors (Lipinski definition) is 3. The van der Waals surface area contributed by atoms with Crippen LogP contribution in [0.4, 0.5) is 18.0 Å². The third-order valence-corrected chi connectivity index (χ3v) is 5.20. The van der Waals surface area contributed by atoms with Gasteiger partial charge in [-0.1, -0.05) is 24.3 Å². The summed E-state index contributed by atoms with van der Waals surface area (Å²) in [6.45, 7) is -1.88. The number of carbonyl (C=O) groups excluding carboxylic acids is 2. The molecule has 2 aliphatic rings. The second kappa shape index (κ2) is 7.55. The van der Waals surface area contributed by atoms with E-state index >= 15 is 0 Å². The largest absolute Gasteiger partial charge is 0.405 e. The van der Waals surface area contributed by atoms with Crippen molar-refractivity contribution in [1.29, 1.82) is 0 Å².